The monoisotopic (exact) mass is 448 g/mol. The summed E-state index contributed by atoms with van der Waals surface area (Å²) in [7, 11) is 2.16. The van der Waals surface area contributed by atoms with Gasteiger partial charge < -0.3 is 19.2 Å². The van der Waals surface area contributed by atoms with Crippen molar-refractivity contribution in [2.45, 2.75) is 39.5 Å². The second-order valence-electron chi connectivity index (χ2n) is 9.33. The second-order valence-corrected chi connectivity index (χ2v) is 9.33. The zero-order valence-corrected chi connectivity index (χ0v) is 20.0. The Labute approximate surface area is 194 Å². The first-order valence-electron chi connectivity index (χ1n) is 11.8. The van der Waals surface area contributed by atoms with Gasteiger partial charge in [-0.05, 0) is 46.7 Å². The molecule has 174 valence electrons. The summed E-state index contributed by atoms with van der Waals surface area (Å²) >= 11 is 0. The predicted octanol–water partition coefficient (Wildman–Crippen LogP) is 2.98. The number of hydrogen-bond acceptors (Lipinski definition) is 9. The van der Waals surface area contributed by atoms with Gasteiger partial charge in [0.2, 0.25) is 11.9 Å². The molecule has 2 aliphatic heterocycles. The molecule has 2 fully saturated rings. The van der Waals surface area contributed by atoms with Crippen molar-refractivity contribution < 1.29 is 4.52 Å². The lowest BCUT2D eigenvalue weighted by Gasteiger charge is -2.35. The van der Waals surface area contributed by atoms with Gasteiger partial charge in [0, 0.05) is 68.8 Å². The predicted molar refractivity (Wildman–Crippen MR) is 128 cm³/mol. The highest BCUT2D eigenvalue weighted by Crippen LogP contribution is 2.35. The molecular weight excluding hydrogens is 416 g/mol. The van der Waals surface area contributed by atoms with E-state index in [2.05, 4.69) is 26.9 Å². The average molecular weight is 449 g/mol. The van der Waals surface area contributed by atoms with E-state index in [1.54, 1.807) is 0 Å². The first-order chi connectivity index (χ1) is 16.0. The number of likely N-dealkylation sites (N-methyl/N-ethyl adjacent to an activating group) is 1. The van der Waals surface area contributed by atoms with Crippen LogP contribution in [0.2, 0.25) is 0 Å². The van der Waals surface area contributed by atoms with Gasteiger partial charge in [0.05, 0.1) is 17.0 Å². The fourth-order valence-electron chi connectivity index (χ4n) is 4.77. The van der Waals surface area contributed by atoms with Gasteiger partial charge in [-0.25, -0.2) is 19.9 Å². The number of anilines is 2. The highest BCUT2D eigenvalue weighted by atomic mass is 16.5. The Morgan fingerprint density at radius 1 is 0.848 bits per heavy atom. The molecule has 2 aliphatic rings. The van der Waals surface area contributed by atoms with Gasteiger partial charge in [-0.1, -0.05) is 5.16 Å². The first kappa shape index (κ1) is 21.8. The van der Waals surface area contributed by atoms with Crippen LogP contribution < -0.4 is 9.80 Å². The first-order valence-corrected chi connectivity index (χ1v) is 11.8. The van der Waals surface area contributed by atoms with Gasteiger partial charge in [0.25, 0.3) is 0 Å². The average Bonchev–Trinajstić information content (AvgIpc) is 3.25. The standard InChI is InChI=1S/C24H32N8O/c1-16-12-17(2)27-24(26-16)32-7-5-6-19(15-32)22-20(21-13-18(3)29-33-21)14-25-23(28-22)31-10-8-30(4)9-11-31/h12-14,19H,5-11,15H2,1-4H3/t19-/m1/s1. The van der Waals surface area contributed by atoms with E-state index >= 15 is 0 Å². The van der Waals surface area contributed by atoms with E-state index in [9.17, 15) is 0 Å². The topological polar surface area (TPSA) is 87.3 Å². The summed E-state index contributed by atoms with van der Waals surface area (Å²) in [6.07, 6.45) is 4.03. The normalized spacial score (nSPS) is 19.8. The third-order valence-corrected chi connectivity index (χ3v) is 6.55. The molecule has 2 saturated heterocycles. The van der Waals surface area contributed by atoms with Gasteiger partial charge in [-0.15, -0.1) is 0 Å². The molecule has 33 heavy (non-hydrogen) atoms. The van der Waals surface area contributed by atoms with Gasteiger partial charge in [-0.2, -0.15) is 0 Å². The molecule has 3 aromatic rings. The fourth-order valence-corrected chi connectivity index (χ4v) is 4.77. The van der Waals surface area contributed by atoms with Gasteiger partial charge in [-0.3, -0.25) is 0 Å². The number of piperidine rings is 1. The summed E-state index contributed by atoms with van der Waals surface area (Å²) in [4.78, 5) is 26.2. The summed E-state index contributed by atoms with van der Waals surface area (Å²) in [5.41, 5.74) is 4.81. The molecule has 0 radical (unpaired) electrons. The van der Waals surface area contributed by atoms with E-state index < -0.39 is 0 Å². The summed E-state index contributed by atoms with van der Waals surface area (Å²) in [5, 5.41) is 4.10. The van der Waals surface area contributed by atoms with Crippen molar-refractivity contribution in [2.24, 2.45) is 0 Å². The van der Waals surface area contributed by atoms with Crippen LogP contribution in [0.15, 0.2) is 22.9 Å². The molecule has 3 aromatic heterocycles. The number of rotatable bonds is 4. The summed E-state index contributed by atoms with van der Waals surface area (Å²) < 4.78 is 5.64. The molecule has 0 N–H and O–H groups in total. The lowest BCUT2D eigenvalue weighted by molar-refractivity contribution is 0.311. The van der Waals surface area contributed by atoms with Crippen LogP contribution in [0, 0.1) is 20.8 Å². The molecule has 0 saturated carbocycles. The Kier molecular flexibility index (Phi) is 5.97. The molecule has 0 unspecified atom stereocenters. The van der Waals surface area contributed by atoms with Crippen LogP contribution in [-0.4, -0.2) is 76.3 Å². The minimum absolute atomic E-state index is 0.234. The number of nitrogens with zero attached hydrogens (tertiary/aromatic N) is 8. The van der Waals surface area contributed by atoms with Crippen LogP contribution in [0.4, 0.5) is 11.9 Å². The van der Waals surface area contributed by atoms with Gasteiger partial charge in [0.15, 0.2) is 5.76 Å². The molecule has 9 heteroatoms. The number of aryl methyl sites for hydroxylation is 3. The van der Waals surface area contributed by atoms with Crippen LogP contribution in [0.25, 0.3) is 11.3 Å². The molecule has 0 spiro atoms. The molecule has 5 rings (SSSR count). The Morgan fingerprint density at radius 3 is 2.30 bits per heavy atom. The van der Waals surface area contributed by atoms with Crippen molar-refractivity contribution in [3.63, 3.8) is 0 Å². The molecule has 9 nitrogen and oxygen atoms in total. The van der Waals surface area contributed by atoms with Crippen LogP contribution in [0.3, 0.4) is 0 Å². The van der Waals surface area contributed by atoms with Crippen LogP contribution in [0.1, 0.15) is 41.5 Å². The van der Waals surface area contributed by atoms with Crippen molar-refractivity contribution in [1.29, 1.82) is 0 Å². The Morgan fingerprint density at radius 2 is 1.61 bits per heavy atom. The second kappa shape index (κ2) is 9.05. The van der Waals surface area contributed by atoms with Crippen molar-refractivity contribution in [1.82, 2.24) is 30.0 Å². The minimum atomic E-state index is 0.234. The summed E-state index contributed by atoms with van der Waals surface area (Å²) in [6, 6.07) is 3.98. The number of piperazine rings is 1. The highest BCUT2D eigenvalue weighted by molar-refractivity contribution is 5.62. The van der Waals surface area contributed by atoms with Gasteiger partial charge in [0.1, 0.15) is 0 Å². The Balaban J connectivity index is 1.49. The molecule has 0 bridgehead atoms. The van der Waals surface area contributed by atoms with E-state index in [-0.39, 0.29) is 5.92 Å². The number of aromatic nitrogens is 5. The van der Waals surface area contributed by atoms with Crippen LogP contribution in [-0.2, 0) is 0 Å². The Hall–Kier alpha value is -3.07. The highest BCUT2D eigenvalue weighted by Gasteiger charge is 2.29. The quantitative estimate of drug-likeness (QED) is 0.598. The van der Waals surface area contributed by atoms with Crippen molar-refractivity contribution in [3.05, 3.63) is 41.1 Å². The maximum absolute atomic E-state index is 5.64. The molecule has 0 aliphatic carbocycles. The van der Waals surface area contributed by atoms with E-state index in [1.807, 2.05) is 39.1 Å². The molecule has 0 aromatic carbocycles. The maximum Gasteiger partial charge on any atom is 0.225 e. The minimum Gasteiger partial charge on any atom is -0.356 e. The lowest BCUT2D eigenvalue weighted by atomic mass is 9.91. The smallest absolute Gasteiger partial charge is 0.225 e. The SMILES string of the molecule is Cc1cc(-c2cnc(N3CCN(C)CC3)nc2[C@@H]2CCCN(c3nc(C)cc(C)n3)C2)on1. The van der Waals surface area contributed by atoms with Crippen LogP contribution >= 0.6 is 0 Å². The number of hydrogen-bond donors (Lipinski definition) is 0. The van der Waals surface area contributed by atoms with Crippen molar-refractivity contribution in [3.8, 4) is 11.3 Å². The maximum atomic E-state index is 5.64. The van der Waals surface area contributed by atoms with Crippen LogP contribution in [0.5, 0.6) is 0 Å². The third-order valence-electron chi connectivity index (χ3n) is 6.55. The molecule has 0 amide bonds. The van der Waals surface area contributed by atoms with Gasteiger partial charge >= 0.3 is 0 Å². The fraction of sp³-hybridized carbons (Fsp3) is 0.542. The molecule has 5 heterocycles. The summed E-state index contributed by atoms with van der Waals surface area (Å²) in [5.74, 6) is 2.57. The van der Waals surface area contributed by atoms with E-state index in [4.69, 9.17) is 24.5 Å². The molecular formula is C24H32N8O. The largest absolute Gasteiger partial charge is 0.356 e. The van der Waals surface area contributed by atoms with Crippen molar-refractivity contribution >= 4 is 11.9 Å². The van der Waals surface area contributed by atoms with E-state index in [1.165, 1.54) is 0 Å². The third kappa shape index (κ3) is 4.68. The van der Waals surface area contributed by atoms with E-state index in [0.29, 0.717) is 0 Å². The zero-order valence-electron chi connectivity index (χ0n) is 20.0. The Bertz CT molecular complexity index is 1100. The molecule has 1 atom stereocenters. The zero-order chi connectivity index (χ0) is 22.9. The van der Waals surface area contributed by atoms with E-state index in [0.717, 1.165) is 98.1 Å². The van der Waals surface area contributed by atoms with Crippen molar-refractivity contribution in [2.75, 3.05) is 56.1 Å². The lowest BCUT2D eigenvalue weighted by Crippen LogP contribution is -2.45. The summed E-state index contributed by atoms with van der Waals surface area (Å²) in [6.45, 7) is 11.7.